The van der Waals surface area contributed by atoms with Crippen molar-refractivity contribution >= 4 is 11.8 Å². The van der Waals surface area contributed by atoms with E-state index in [1.165, 1.54) is 23.5 Å². The fourth-order valence-corrected chi connectivity index (χ4v) is 2.05. The smallest absolute Gasteiger partial charge is 0.138 e. The Bertz CT molecular complexity index is 267. The molecule has 1 N–H and O–H groups in total. The zero-order valence-electron chi connectivity index (χ0n) is 9.80. The van der Waals surface area contributed by atoms with Gasteiger partial charge in [-0.3, -0.25) is 0 Å². The van der Waals surface area contributed by atoms with E-state index in [1.54, 1.807) is 0 Å². The first-order valence-corrected chi connectivity index (χ1v) is 6.61. The standard InChI is InChI=1S/C11H20N2OS/c1-4-15-7-5-6-12-8-11-9(2)13-14-10(11)3/h12H,4-8H2,1-3H3. The molecule has 1 heterocycles. The molecule has 0 aliphatic carbocycles. The van der Waals surface area contributed by atoms with Gasteiger partial charge >= 0.3 is 0 Å². The zero-order valence-corrected chi connectivity index (χ0v) is 10.6. The summed E-state index contributed by atoms with van der Waals surface area (Å²) in [6, 6.07) is 0. The van der Waals surface area contributed by atoms with Crippen molar-refractivity contribution in [2.24, 2.45) is 0 Å². The van der Waals surface area contributed by atoms with Crippen molar-refractivity contribution in [2.75, 3.05) is 18.1 Å². The Morgan fingerprint density at radius 1 is 1.40 bits per heavy atom. The molecule has 0 aliphatic rings. The summed E-state index contributed by atoms with van der Waals surface area (Å²) in [5, 5.41) is 7.34. The van der Waals surface area contributed by atoms with Gasteiger partial charge in [-0.1, -0.05) is 12.1 Å². The van der Waals surface area contributed by atoms with Crippen molar-refractivity contribution in [1.82, 2.24) is 10.5 Å². The molecule has 3 nitrogen and oxygen atoms in total. The molecule has 0 unspecified atom stereocenters. The van der Waals surface area contributed by atoms with Crippen LogP contribution in [-0.4, -0.2) is 23.2 Å². The summed E-state index contributed by atoms with van der Waals surface area (Å²) in [5.41, 5.74) is 2.21. The van der Waals surface area contributed by atoms with Crippen LogP contribution in [0.3, 0.4) is 0 Å². The molecule has 0 amide bonds. The highest BCUT2D eigenvalue weighted by atomic mass is 32.2. The molecule has 1 aromatic heterocycles. The molecule has 0 fully saturated rings. The fourth-order valence-electron chi connectivity index (χ4n) is 1.41. The van der Waals surface area contributed by atoms with Gasteiger partial charge in [0.2, 0.25) is 0 Å². The quantitative estimate of drug-likeness (QED) is 0.728. The lowest BCUT2D eigenvalue weighted by molar-refractivity contribution is 0.392. The van der Waals surface area contributed by atoms with Crippen molar-refractivity contribution in [3.8, 4) is 0 Å². The normalized spacial score (nSPS) is 10.9. The summed E-state index contributed by atoms with van der Waals surface area (Å²) in [4.78, 5) is 0. The third-order valence-corrected chi connectivity index (χ3v) is 3.31. The Hall–Kier alpha value is -0.480. The SMILES string of the molecule is CCSCCCNCc1c(C)noc1C. The van der Waals surface area contributed by atoms with Crippen LogP contribution >= 0.6 is 11.8 Å². The highest BCUT2D eigenvalue weighted by molar-refractivity contribution is 7.99. The maximum absolute atomic E-state index is 5.10. The molecule has 0 saturated carbocycles. The van der Waals surface area contributed by atoms with Crippen LogP contribution in [0.1, 0.15) is 30.4 Å². The van der Waals surface area contributed by atoms with Crippen molar-refractivity contribution in [1.29, 1.82) is 0 Å². The average Bonchev–Trinajstić information content (AvgIpc) is 2.54. The number of nitrogens with one attached hydrogen (secondary N) is 1. The molecular formula is C11H20N2OS. The van der Waals surface area contributed by atoms with Crippen molar-refractivity contribution < 1.29 is 4.52 Å². The van der Waals surface area contributed by atoms with Gasteiger partial charge in [-0.15, -0.1) is 0 Å². The van der Waals surface area contributed by atoms with E-state index in [1.807, 2.05) is 25.6 Å². The van der Waals surface area contributed by atoms with Crippen LogP contribution in [0.4, 0.5) is 0 Å². The molecule has 0 saturated heterocycles. The third-order valence-electron chi connectivity index (χ3n) is 2.33. The lowest BCUT2D eigenvalue weighted by Crippen LogP contribution is -2.16. The Labute approximate surface area is 96.0 Å². The van der Waals surface area contributed by atoms with Gasteiger partial charge in [0, 0.05) is 12.1 Å². The highest BCUT2D eigenvalue weighted by Crippen LogP contribution is 2.11. The number of nitrogens with zero attached hydrogens (tertiary/aromatic N) is 1. The molecule has 0 aromatic carbocycles. The predicted octanol–water partition coefficient (Wildman–Crippen LogP) is 2.52. The van der Waals surface area contributed by atoms with Crippen molar-refractivity contribution in [2.45, 2.75) is 33.7 Å². The Kier molecular flexibility index (Phi) is 5.79. The van der Waals surface area contributed by atoms with Crippen LogP contribution in [0.15, 0.2) is 4.52 Å². The second-order valence-corrected chi connectivity index (χ2v) is 4.92. The third kappa shape index (κ3) is 4.26. The van der Waals surface area contributed by atoms with Gasteiger partial charge in [-0.05, 0) is 38.3 Å². The van der Waals surface area contributed by atoms with E-state index in [2.05, 4.69) is 17.4 Å². The summed E-state index contributed by atoms with van der Waals surface area (Å²) in [7, 11) is 0. The monoisotopic (exact) mass is 228 g/mol. The van der Waals surface area contributed by atoms with Gasteiger partial charge in [-0.25, -0.2) is 0 Å². The Morgan fingerprint density at radius 3 is 2.80 bits per heavy atom. The van der Waals surface area contributed by atoms with Crippen LogP contribution in [0.2, 0.25) is 0 Å². The summed E-state index contributed by atoms with van der Waals surface area (Å²) in [6.07, 6.45) is 1.22. The molecule has 0 aliphatic heterocycles. The maximum Gasteiger partial charge on any atom is 0.138 e. The topological polar surface area (TPSA) is 38.1 Å². The Balaban J connectivity index is 2.15. The molecule has 86 valence electrons. The number of rotatable bonds is 7. The second kappa shape index (κ2) is 6.90. The zero-order chi connectivity index (χ0) is 11.1. The molecule has 0 radical (unpaired) electrons. The van der Waals surface area contributed by atoms with E-state index in [0.29, 0.717) is 0 Å². The molecule has 0 atom stereocenters. The van der Waals surface area contributed by atoms with Gasteiger partial charge in [0.1, 0.15) is 5.76 Å². The van der Waals surface area contributed by atoms with Crippen LogP contribution in [0.25, 0.3) is 0 Å². The molecule has 0 spiro atoms. The molecule has 1 rings (SSSR count). The molecule has 4 heteroatoms. The summed E-state index contributed by atoms with van der Waals surface area (Å²) >= 11 is 1.99. The van der Waals surface area contributed by atoms with Crippen molar-refractivity contribution in [3.63, 3.8) is 0 Å². The van der Waals surface area contributed by atoms with Crippen LogP contribution in [-0.2, 0) is 6.54 Å². The van der Waals surface area contributed by atoms with Gasteiger partial charge in [-0.2, -0.15) is 11.8 Å². The van der Waals surface area contributed by atoms with Crippen LogP contribution in [0, 0.1) is 13.8 Å². The van der Waals surface area contributed by atoms with Crippen LogP contribution < -0.4 is 5.32 Å². The molecule has 1 aromatic rings. The van der Waals surface area contributed by atoms with Gasteiger partial charge in [0.25, 0.3) is 0 Å². The van der Waals surface area contributed by atoms with Gasteiger partial charge in [0.05, 0.1) is 5.69 Å². The molecular weight excluding hydrogens is 208 g/mol. The number of aryl methyl sites for hydroxylation is 2. The fraction of sp³-hybridized carbons (Fsp3) is 0.727. The predicted molar refractivity (Wildman–Crippen MR) is 65.3 cm³/mol. The first kappa shape index (κ1) is 12.6. The first-order chi connectivity index (χ1) is 7.25. The van der Waals surface area contributed by atoms with E-state index in [9.17, 15) is 0 Å². The number of hydrogen-bond acceptors (Lipinski definition) is 4. The number of aromatic nitrogens is 1. The Morgan fingerprint density at radius 2 is 2.20 bits per heavy atom. The van der Waals surface area contributed by atoms with Gasteiger partial charge in [0.15, 0.2) is 0 Å². The minimum atomic E-state index is 0.873. The highest BCUT2D eigenvalue weighted by Gasteiger charge is 2.07. The lowest BCUT2D eigenvalue weighted by atomic mass is 10.2. The number of hydrogen-bond donors (Lipinski definition) is 1. The lowest BCUT2D eigenvalue weighted by Gasteiger charge is -2.03. The largest absolute Gasteiger partial charge is 0.361 e. The van der Waals surface area contributed by atoms with E-state index in [0.717, 1.165) is 24.5 Å². The van der Waals surface area contributed by atoms with Crippen molar-refractivity contribution in [3.05, 3.63) is 17.0 Å². The summed E-state index contributed by atoms with van der Waals surface area (Å²) in [5.74, 6) is 3.39. The second-order valence-electron chi connectivity index (χ2n) is 3.53. The summed E-state index contributed by atoms with van der Waals surface area (Å²) < 4.78 is 5.10. The van der Waals surface area contributed by atoms with E-state index >= 15 is 0 Å². The summed E-state index contributed by atoms with van der Waals surface area (Å²) in [6.45, 7) is 8.08. The van der Waals surface area contributed by atoms with E-state index < -0.39 is 0 Å². The first-order valence-electron chi connectivity index (χ1n) is 5.46. The maximum atomic E-state index is 5.10. The minimum absolute atomic E-state index is 0.873. The minimum Gasteiger partial charge on any atom is -0.361 e. The van der Waals surface area contributed by atoms with Gasteiger partial charge < -0.3 is 9.84 Å². The number of thioether (sulfide) groups is 1. The molecule has 0 bridgehead atoms. The average molecular weight is 228 g/mol. The molecule has 15 heavy (non-hydrogen) atoms. The van der Waals surface area contributed by atoms with E-state index in [4.69, 9.17) is 4.52 Å². The van der Waals surface area contributed by atoms with E-state index in [-0.39, 0.29) is 0 Å². The van der Waals surface area contributed by atoms with Crippen LogP contribution in [0.5, 0.6) is 0 Å².